The molecular weight excluding hydrogens is 332 g/mol. The first kappa shape index (κ1) is 17.5. The van der Waals surface area contributed by atoms with Gasteiger partial charge in [-0.1, -0.05) is 24.3 Å². The number of aromatic nitrogens is 3. The number of hydrogen-bond donors (Lipinski definition) is 1. The van der Waals surface area contributed by atoms with Crippen LogP contribution in [-0.2, 0) is 6.54 Å². The van der Waals surface area contributed by atoms with E-state index in [4.69, 9.17) is 9.47 Å². The number of ether oxygens (including phenoxy) is 2. The van der Waals surface area contributed by atoms with E-state index in [0.29, 0.717) is 29.4 Å². The number of carbonyl (C=O) groups is 1. The zero-order chi connectivity index (χ0) is 18.5. The molecule has 1 amide bonds. The summed E-state index contributed by atoms with van der Waals surface area (Å²) in [5, 5.41) is 11.5. The van der Waals surface area contributed by atoms with Gasteiger partial charge < -0.3 is 14.8 Å². The molecule has 7 heteroatoms. The molecule has 0 fully saturated rings. The molecule has 0 atom stereocenters. The third-order valence-corrected chi connectivity index (χ3v) is 3.89. The van der Waals surface area contributed by atoms with Crippen molar-refractivity contribution in [2.24, 2.45) is 0 Å². The number of nitrogens with zero attached hydrogens (tertiary/aromatic N) is 3. The van der Waals surface area contributed by atoms with Crippen molar-refractivity contribution in [3.8, 4) is 17.2 Å². The molecule has 0 spiro atoms. The Kier molecular flexibility index (Phi) is 5.17. The first-order chi connectivity index (χ1) is 12.6. The molecule has 0 unspecified atom stereocenters. The van der Waals surface area contributed by atoms with Gasteiger partial charge in [-0.2, -0.15) is 9.90 Å². The van der Waals surface area contributed by atoms with Gasteiger partial charge >= 0.3 is 0 Å². The Morgan fingerprint density at radius 1 is 1.04 bits per heavy atom. The number of hydrogen-bond acceptors (Lipinski definition) is 5. The lowest BCUT2D eigenvalue weighted by atomic mass is 10.2. The van der Waals surface area contributed by atoms with Crippen molar-refractivity contribution < 1.29 is 14.3 Å². The Balaban J connectivity index is 1.72. The Morgan fingerprint density at radius 2 is 1.77 bits per heavy atom. The van der Waals surface area contributed by atoms with Crippen LogP contribution >= 0.6 is 0 Å². The highest BCUT2D eigenvalue weighted by atomic mass is 16.5. The van der Waals surface area contributed by atoms with E-state index in [1.807, 2.05) is 42.5 Å². The molecule has 134 valence electrons. The zero-order valence-electron chi connectivity index (χ0n) is 14.9. The number of para-hydroxylation sites is 1. The second-order valence-electron chi connectivity index (χ2n) is 5.63. The van der Waals surface area contributed by atoms with Crippen LogP contribution in [0, 0.1) is 6.92 Å². The molecule has 0 aliphatic carbocycles. The summed E-state index contributed by atoms with van der Waals surface area (Å²) < 4.78 is 10.5. The van der Waals surface area contributed by atoms with E-state index >= 15 is 0 Å². The second-order valence-corrected chi connectivity index (χ2v) is 5.63. The maximum Gasteiger partial charge on any atom is 0.274 e. The predicted octanol–water partition coefficient (Wildman–Crippen LogP) is 2.52. The summed E-state index contributed by atoms with van der Waals surface area (Å²) in [6.07, 6.45) is 0. The van der Waals surface area contributed by atoms with Crippen LogP contribution < -0.4 is 14.8 Å². The molecule has 0 radical (unpaired) electrons. The second kappa shape index (κ2) is 7.69. The molecule has 1 heterocycles. The van der Waals surface area contributed by atoms with Crippen molar-refractivity contribution in [2.75, 3.05) is 14.2 Å². The average Bonchev–Trinajstić information content (AvgIpc) is 3.08. The molecule has 1 N–H and O–H groups in total. The highest BCUT2D eigenvalue weighted by Gasteiger charge is 2.16. The molecule has 3 aromatic rings. The minimum atomic E-state index is -0.278. The molecule has 26 heavy (non-hydrogen) atoms. The van der Waals surface area contributed by atoms with E-state index in [1.54, 1.807) is 27.2 Å². The number of carbonyl (C=O) groups excluding carboxylic acids is 1. The van der Waals surface area contributed by atoms with E-state index in [2.05, 4.69) is 15.5 Å². The molecule has 2 aromatic carbocycles. The molecule has 0 saturated carbocycles. The number of amides is 1. The average molecular weight is 352 g/mol. The number of benzene rings is 2. The summed E-state index contributed by atoms with van der Waals surface area (Å²) in [5.74, 6) is 0.981. The minimum Gasteiger partial charge on any atom is -0.493 e. The fraction of sp³-hybridized carbons (Fsp3) is 0.211. The monoisotopic (exact) mass is 352 g/mol. The zero-order valence-corrected chi connectivity index (χ0v) is 14.9. The summed E-state index contributed by atoms with van der Waals surface area (Å²) in [6, 6.07) is 15.0. The molecule has 0 saturated heterocycles. The van der Waals surface area contributed by atoms with Gasteiger partial charge in [0, 0.05) is 6.54 Å². The summed E-state index contributed by atoms with van der Waals surface area (Å²) in [4.78, 5) is 13.9. The smallest absolute Gasteiger partial charge is 0.274 e. The lowest BCUT2D eigenvalue weighted by molar-refractivity contribution is 0.0945. The molecule has 0 bridgehead atoms. The third kappa shape index (κ3) is 3.66. The largest absolute Gasteiger partial charge is 0.493 e. The summed E-state index contributed by atoms with van der Waals surface area (Å²) in [6.45, 7) is 2.11. The Labute approximate surface area is 151 Å². The molecule has 7 nitrogen and oxygen atoms in total. The van der Waals surface area contributed by atoms with Crippen molar-refractivity contribution >= 4 is 5.91 Å². The predicted molar refractivity (Wildman–Crippen MR) is 96.8 cm³/mol. The highest BCUT2D eigenvalue weighted by Crippen LogP contribution is 2.27. The molecule has 3 rings (SSSR count). The van der Waals surface area contributed by atoms with Crippen molar-refractivity contribution in [1.82, 2.24) is 20.3 Å². The molecule has 0 aliphatic heterocycles. The van der Waals surface area contributed by atoms with Crippen LogP contribution in [0.4, 0.5) is 0 Å². The lowest BCUT2D eigenvalue weighted by Gasteiger charge is -2.10. The number of rotatable bonds is 6. The topological polar surface area (TPSA) is 78.3 Å². The van der Waals surface area contributed by atoms with Gasteiger partial charge in [-0.15, -0.1) is 5.10 Å². The van der Waals surface area contributed by atoms with Gasteiger partial charge in [0.2, 0.25) is 0 Å². The molecular formula is C19H20N4O3. The van der Waals surface area contributed by atoms with E-state index in [0.717, 1.165) is 11.3 Å². The Hall–Kier alpha value is -3.35. The van der Waals surface area contributed by atoms with Crippen LogP contribution in [0.1, 0.15) is 21.7 Å². The van der Waals surface area contributed by atoms with E-state index in [1.165, 1.54) is 4.80 Å². The fourth-order valence-corrected chi connectivity index (χ4v) is 2.52. The van der Waals surface area contributed by atoms with E-state index < -0.39 is 0 Å². The molecule has 1 aromatic heterocycles. The highest BCUT2D eigenvalue weighted by molar-refractivity contribution is 5.93. The quantitative estimate of drug-likeness (QED) is 0.737. The van der Waals surface area contributed by atoms with Gasteiger partial charge in [0.25, 0.3) is 5.91 Å². The Morgan fingerprint density at radius 3 is 2.46 bits per heavy atom. The number of nitrogens with one attached hydrogen (secondary N) is 1. The van der Waals surface area contributed by atoms with Gasteiger partial charge in [0.1, 0.15) is 0 Å². The standard InChI is InChI=1S/C19H20N4O3/c1-13-18(22-23(21-13)15-7-5-4-6-8-15)19(24)20-12-14-9-10-16(25-2)17(11-14)26-3/h4-11H,12H2,1-3H3,(H,20,24). The summed E-state index contributed by atoms with van der Waals surface area (Å²) >= 11 is 0. The number of methoxy groups -OCH3 is 2. The van der Waals surface area contributed by atoms with Crippen molar-refractivity contribution in [3.63, 3.8) is 0 Å². The lowest BCUT2D eigenvalue weighted by Crippen LogP contribution is -2.24. The molecule has 0 aliphatic rings. The van der Waals surface area contributed by atoms with Crippen LogP contribution in [0.2, 0.25) is 0 Å². The Bertz CT molecular complexity index is 906. The van der Waals surface area contributed by atoms with Crippen LogP contribution in [-0.4, -0.2) is 35.1 Å². The van der Waals surface area contributed by atoms with Gasteiger partial charge in [-0.05, 0) is 36.8 Å². The van der Waals surface area contributed by atoms with E-state index in [9.17, 15) is 4.79 Å². The van der Waals surface area contributed by atoms with Crippen LogP contribution in [0.5, 0.6) is 11.5 Å². The van der Waals surface area contributed by atoms with Crippen molar-refractivity contribution in [1.29, 1.82) is 0 Å². The third-order valence-electron chi connectivity index (χ3n) is 3.89. The summed E-state index contributed by atoms with van der Waals surface area (Å²) in [7, 11) is 3.16. The maximum absolute atomic E-state index is 12.5. The number of aryl methyl sites for hydroxylation is 1. The van der Waals surface area contributed by atoms with Crippen molar-refractivity contribution in [2.45, 2.75) is 13.5 Å². The normalized spacial score (nSPS) is 10.4. The SMILES string of the molecule is COc1ccc(CNC(=O)c2nn(-c3ccccc3)nc2C)cc1OC. The van der Waals surface area contributed by atoms with Gasteiger partial charge in [0.15, 0.2) is 17.2 Å². The van der Waals surface area contributed by atoms with E-state index in [-0.39, 0.29) is 5.91 Å². The van der Waals surface area contributed by atoms with Crippen LogP contribution in [0.25, 0.3) is 5.69 Å². The van der Waals surface area contributed by atoms with Crippen LogP contribution in [0.15, 0.2) is 48.5 Å². The van der Waals surface area contributed by atoms with Crippen molar-refractivity contribution in [3.05, 3.63) is 65.5 Å². The minimum absolute atomic E-state index is 0.278. The maximum atomic E-state index is 12.5. The van der Waals surface area contributed by atoms with Crippen LogP contribution in [0.3, 0.4) is 0 Å². The van der Waals surface area contributed by atoms with Gasteiger partial charge in [-0.3, -0.25) is 4.79 Å². The van der Waals surface area contributed by atoms with Gasteiger partial charge in [-0.25, -0.2) is 0 Å². The first-order valence-corrected chi connectivity index (χ1v) is 8.11. The first-order valence-electron chi connectivity index (χ1n) is 8.11. The van der Waals surface area contributed by atoms with Gasteiger partial charge in [0.05, 0.1) is 25.6 Å². The fourth-order valence-electron chi connectivity index (χ4n) is 2.52. The summed E-state index contributed by atoms with van der Waals surface area (Å²) in [5.41, 5.74) is 2.56.